The second kappa shape index (κ2) is 10.4. The third-order valence-electron chi connectivity index (χ3n) is 3.78. The molecule has 1 amide bonds. The molecule has 0 radical (unpaired) electrons. The smallest absolute Gasteiger partial charge is 0.237 e. The highest BCUT2D eigenvalue weighted by molar-refractivity contribution is 7.99. The van der Waals surface area contributed by atoms with Crippen molar-refractivity contribution < 1.29 is 4.79 Å². The zero-order valence-electron chi connectivity index (χ0n) is 17.0. The SMILES string of the molecule is Cc1cc(C)nc(NC(=NCCc2cnc[nH]2)NC(=O)CSc2nccc(C)n2)n1. The van der Waals surface area contributed by atoms with Crippen LogP contribution in [-0.2, 0) is 11.2 Å². The molecule has 0 unspecified atom stereocenters. The quantitative estimate of drug-likeness (QED) is 0.226. The number of aliphatic imine (C=N–C) groups is 1. The Bertz CT molecular complexity index is 1000. The lowest BCUT2D eigenvalue weighted by molar-refractivity contribution is -0.117. The number of carbonyl (C=O) groups excluding carboxylic acids is 1. The van der Waals surface area contributed by atoms with Crippen LogP contribution in [0.2, 0.25) is 0 Å². The Morgan fingerprint density at radius 1 is 1.17 bits per heavy atom. The van der Waals surface area contributed by atoms with Gasteiger partial charge in [-0.25, -0.2) is 24.9 Å². The molecule has 0 bridgehead atoms. The Kier molecular flexibility index (Phi) is 7.44. The molecule has 0 fully saturated rings. The number of hydrogen-bond acceptors (Lipinski definition) is 8. The van der Waals surface area contributed by atoms with Gasteiger partial charge in [-0.1, -0.05) is 11.8 Å². The van der Waals surface area contributed by atoms with Gasteiger partial charge in [0.25, 0.3) is 0 Å². The lowest BCUT2D eigenvalue weighted by Crippen LogP contribution is -2.38. The molecule has 10 nitrogen and oxygen atoms in total. The van der Waals surface area contributed by atoms with Crippen LogP contribution < -0.4 is 10.6 Å². The predicted octanol–water partition coefficient (Wildman–Crippen LogP) is 1.83. The van der Waals surface area contributed by atoms with Gasteiger partial charge in [-0.2, -0.15) is 0 Å². The van der Waals surface area contributed by atoms with Crippen molar-refractivity contribution >= 4 is 29.6 Å². The van der Waals surface area contributed by atoms with Crippen molar-refractivity contribution in [3.63, 3.8) is 0 Å². The van der Waals surface area contributed by atoms with Gasteiger partial charge in [0.2, 0.25) is 17.8 Å². The van der Waals surface area contributed by atoms with E-state index in [9.17, 15) is 4.79 Å². The van der Waals surface area contributed by atoms with Crippen LogP contribution in [0.5, 0.6) is 0 Å². The fraction of sp³-hybridized carbons (Fsp3) is 0.316. The van der Waals surface area contributed by atoms with Crippen molar-refractivity contribution in [2.24, 2.45) is 4.99 Å². The first kappa shape index (κ1) is 21.4. The number of imidazole rings is 1. The van der Waals surface area contributed by atoms with E-state index in [1.54, 1.807) is 18.7 Å². The Hall–Kier alpha value is -3.34. The van der Waals surface area contributed by atoms with E-state index in [1.807, 2.05) is 32.9 Å². The van der Waals surface area contributed by atoms with E-state index in [1.165, 1.54) is 11.8 Å². The number of rotatable bonds is 7. The highest BCUT2D eigenvalue weighted by Gasteiger charge is 2.11. The molecular formula is C19H23N9OS. The Balaban J connectivity index is 1.65. The summed E-state index contributed by atoms with van der Waals surface area (Å²) in [6.07, 6.45) is 5.69. The van der Waals surface area contributed by atoms with Gasteiger partial charge in [-0.15, -0.1) is 0 Å². The molecule has 11 heteroatoms. The highest BCUT2D eigenvalue weighted by atomic mass is 32.2. The zero-order chi connectivity index (χ0) is 21.3. The molecule has 3 aromatic heterocycles. The molecule has 0 saturated carbocycles. The third-order valence-corrected chi connectivity index (χ3v) is 4.64. The fourth-order valence-corrected chi connectivity index (χ4v) is 3.18. The van der Waals surface area contributed by atoms with Crippen LogP contribution in [-0.4, -0.2) is 54.1 Å². The molecule has 0 aliphatic heterocycles. The molecule has 0 aromatic carbocycles. The average Bonchev–Trinajstić information content (AvgIpc) is 3.19. The van der Waals surface area contributed by atoms with Crippen LogP contribution in [0, 0.1) is 20.8 Å². The second-order valence-electron chi connectivity index (χ2n) is 6.47. The number of aryl methyl sites for hydroxylation is 3. The molecule has 3 N–H and O–H groups in total. The molecule has 30 heavy (non-hydrogen) atoms. The summed E-state index contributed by atoms with van der Waals surface area (Å²) in [5.74, 6) is 0.582. The maximum atomic E-state index is 12.5. The summed E-state index contributed by atoms with van der Waals surface area (Å²) in [4.78, 5) is 41.1. The molecule has 3 aromatic rings. The Morgan fingerprint density at radius 3 is 2.67 bits per heavy atom. The number of H-pyrrole nitrogens is 1. The molecule has 156 valence electrons. The first-order valence-electron chi connectivity index (χ1n) is 9.31. The van der Waals surface area contributed by atoms with E-state index in [2.05, 4.69) is 45.5 Å². The number of nitrogens with zero attached hydrogens (tertiary/aromatic N) is 6. The minimum atomic E-state index is -0.234. The largest absolute Gasteiger partial charge is 0.348 e. The standard InChI is InChI=1S/C19H23N9OS/c1-12-4-6-22-19(26-12)30-10-16(29)27-17(21-7-5-15-9-20-11-23-15)28-18-24-13(2)8-14(3)25-18/h4,6,8-9,11H,5,7,10H2,1-3H3,(H,20,23)(H2,21,24,25,27,28,29). The third kappa shape index (κ3) is 6.92. The number of nitrogens with one attached hydrogen (secondary N) is 3. The minimum absolute atomic E-state index is 0.151. The number of amides is 1. The van der Waals surface area contributed by atoms with Crippen LogP contribution in [0.25, 0.3) is 0 Å². The maximum Gasteiger partial charge on any atom is 0.237 e. The topological polar surface area (TPSA) is 134 Å². The van der Waals surface area contributed by atoms with Gasteiger partial charge in [0.15, 0.2) is 5.16 Å². The van der Waals surface area contributed by atoms with Crippen LogP contribution in [0.1, 0.15) is 22.8 Å². The molecule has 0 atom stereocenters. The van der Waals surface area contributed by atoms with Crippen LogP contribution in [0.15, 0.2) is 41.0 Å². The molecule has 0 aliphatic carbocycles. The van der Waals surface area contributed by atoms with E-state index >= 15 is 0 Å². The van der Waals surface area contributed by atoms with Gasteiger partial charge in [-0.05, 0) is 32.9 Å². The van der Waals surface area contributed by atoms with Gasteiger partial charge in [-0.3, -0.25) is 20.4 Å². The van der Waals surface area contributed by atoms with Crippen molar-refractivity contribution in [1.29, 1.82) is 0 Å². The fourth-order valence-electron chi connectivity index (χ4n) is 2.50. The number of anilines is 1. The zero-order valence-corrected chi connectivity index (χ0v) is 17.8. The summed E-state index contributed by atoms with van der Waals surface area (Å²) in [6, 6.07) is 3.68. The average molecular weight is 426 g/mol. The van der Waals surface area contributed by atoms with Gasteiger partial charge in [0, 0.05) is 48.1 Å². The van der Waals surface area contributed by atoms with Crippen molar-refractivity contribution in [2.45, 2.75) is 32.3 Å². The number of carbonyl (C=O) groups is 1. The van der Waals surface area contributed by atoms with Crippen molar-refractivity contribution in [3.8, 4) is 0 Å². The van der Waals surface area contributed by atoms with Crippen LogP contribution in [0.4, 0.5) is 5.95 Å². The van der Waals surface area contributed by atoms with Crippen LogP contribution in [0.3, 0.4) is 0 Å². The van der Waals surface area contributed by atoms with E-state index in [4.69, 9.17) is 0 Å². The first-order chi connectivity index (χ1) is 14.5. The first-order valence-corrected chi connectivity index (χ1v) is 10.3. The highest BCUT2D eigenvalue weighted by Crippen LogP contribution is 2.11. The van der Waals surface area contributed by atoms with Crippen molar-refractivity contribution in [3.05, 3.63) is 53.6 Å². The Labute approximate surface area is 178 Å². The minimum Gasteiger partial charge on any atom is -0.348 e. The van der Waals surface area contributed by atoms with Crippen LogP contribution >= 0.6 is 11.8 Å². The summed E-state index contributed by atoms with van der Waals surface area (Å²) in [6.45, 7) is 6.09. The molecule has 0 saturated heterocycles. The molecular weight excluding hydrogens is 402 g/mol. The number of hydrogen-bond donors (Lipinski definition) is 3. The summed E-state index contributed by atoms with van der Waals surface area (Å²) >= 11 is 1.26. The molecule has 0 aliphatic rings. The van der Waals surface area contributed by atoms with Crippen molar-refractivity contribution in [2.75, 3.05) is 17.6 Å². The van der Waals surface area contributed by atoms with Gasteiger partial charge < -0.3 is 4.98 Å². The van der Waals surface area contributed by atoms with Gasteiger partial charge in [0.05, 0.1) is 12.1 Å². The summed E-state index contributed by atoms with van der Waals surface area (Å²) in [5.41, 5.74) is 3.45. The van der Waals surface area contributed by atoms with Crippen molar-refractivity contribution in [1.82, 2.24) is 35.2 Å². The normalized spacial score (nSPS) is 11.4. The summed E-state index contributed by atoms with van der Waals surface area (Å²) in [7, 11) is 0. The Morgan fingerprint density at radius 2 is 1.97 bits per heavy atom. The number of guanidine groups is 1. The van der Waals surface area contributed by atoms with Gasteiger partial charge >= 0.3 is 0 Å². The molecule has 0 spiro atoms. The van der Waals surface area contributed by atoms with Gasteiger partial charge in [0.1, 0.15) is 0 Å². The number of aromatic amines is 1. The summed E-state index contributed by atoms with van der Waals surface area (Å²) in [5, 5.41) is 6.35. The monoisotopic (exact) mass is 425 g/mol. The molecule has 3 rings (SSSR count). The van der Waals surface area contributed by atoms with E-state index < -0.39 is 0 Å². The maximum absolute atomic E-state index is 12.5. The lowest BCUT2D eigenvalue weighted by Gasteiger charge is -2.11. The lowest BCUT2D eigenvalue weighted by atomic mass is 10.3. The molecule has 3 heterocycles. The summed E-state index contributed by atoms with van der Waals surface area (Å²) < 4.78 is 0. The number of thioether (sulfide) groups is 1. The van der Waals surface area contributed by atoms with E-state index in [-0.39, 0.29) is 17.6 Å². The predicted molar refractivity (Wildman–Crippen MR) is 115 cm³/mol. The second-order valence-corrected chi connectivity index (χ2v) is 7.42. The van der Waals surface area contributed by atoms with E-state index in [0.717, 1.165) is 22.8 Å². The van der Waals surface area contributed by atoms with E-state index in [0.29, 0.717) is 24.1 Å². The number of aromatic nitrogens is 6.